The van der Waals surface area contributed by atoms with E-state index in [4.69, 9.17) is 9.97 Å². The number of hydrogen-bond donors (Lipinski definition) is 3. The number of ketones is 1. The molecule has 29 aromatic carbocycles. The van der Waals surface area contributed by atoms with Crippen LogP contribution in [-0.2, 0) is 27.6 Å². The number of likely N-dealkylation sites (N-methyl/N-ethyl adjacent to an activating group) is 1. The predicted octanol–water partition coefficient (Wildman–Crippen LogP) is 24.9. The summed E-state index contributed by atoms with van der Waals surface area (Å²) in [5.74, 6) is -1.04. The van der Waals surface area contributed by atoms with Crippen LogP contribution in [0.15, 0.2) is 55.1 Å². The molecule has 2 spiro atoms. The number of nitrogens with zero attached hydrogens (tertiary/aromatic N) is 3. The summed E-state index contributed by atoms with van der Waals surface area (Å²) in [6.45, 7) is 14.3. The zero-order chi connectivity index (χ0) is 69.5. The molecular formula is C102H43N5O3. The highest BCUT2D eigenvalue weighted by Crippen LogP contribution is 2.88. The number of aromatic amines is 2. The van der Waals surface area contributed by atoms with Gasteiger partial charge in [0.15, 0.2) is 5.78 Å². The summed E-state index contributed by atoms with van der Waals surface area (Å²) in [7, 11) is 2.61. The second-order valence-electron chi connectivity index (χ2n) is 37.7. The summed E-state index contributed by atoms with van der Waals surface area (Å²) in [6, 6.07) is 19.1. The zero-order valence-corrected chi connectivity index (χ0v) is 59.4. The van der Waals surface area contributed by atoms with Gasteiger partial charge in [-0.25, -0.2) is 4.98 Å². The molecule has 3 N–H and O–H groups in total. The van der Waals surface area contributed by atoms with Crippen LogP contribution in [0.25, 0.3) is 330 Å². The molecule has 5 aliphatic carbocycles. The lowest BCUT2D eigenvalue weighted by atomic mass is 9.43. The quantitative estimate of drug-likeness (QED) is 0.131. The van der Waals surface area contributed by atoms with Gasteiger partial charge in [-0.1, -0.05) is 56.8 Å². The van der Waals surface area contributed by atoms with Crippen molar-refractivity contribution in [2.75, 3.05) is 13.6 Å². The summed E-state index contributed by atoms with van der Waals surface area (Å²) in [5, 5.41) is 96.7. The van der Waals surface area contributed by atoms with Gasteiger partial charge in [0.1, 0.15) is 0 Å². The molecule has 8 aliphatic rings. The van der Waals surface area contributed by atoms with Crippen molar-refractivity contribution in [3.63, 3.8) is 0 Å². The molecule has 32 aromatic rings. The minimum Gasteiger partial charge on any atom is -0.481 e. The second kappa shape index (κ2) is 12.8. The molecule has 8 bridgehead atoms. The van der Waals surface area contributed by atoms with Gasteiger partial charge < -0.3 is 15.1 Å². The number of allylic oxidation sites excluding steroid dienone is 1. The Hall–Kier alpha value is -12.6. The van der Waals surface area contributed by atoms with Crippen molar-refractivity contribution in [3.8, 4) is 0 Å². The zero-order valence-electron chi connectivity index (χ0n) is 59.4. The minimum absolute atomic E-state index is 0.0120. The molecule has 3 aromatic heterocycles. The topological polar surface area (TPSA) is 115 Å². The Morgan fingerprint density at radius 1 is 0.509 bits per heavy atom. The molecule has 40 rings (SSSR count). The molecule has 3 atom stereocenters. The molecule has 1 saturated heterocycles. The molecule has 8 nitrogen and oxygen atoms in total. The van der Waals surface area contributed by atoms with Crippen LogP contribution in [0.5, 0.6) is 0 Å². The highest BCUT2D eigenvalue weighted by atomic mass is 16.4. The number of nitrogens with one attached hydrogen (secondary N) is 2. The van der Waals surface area contributed by atoms with Crippen molar-refractivity contribution in [3.05, 3.63) is 134 Å². The van der Waals surface area contributed by atoms with Gasteiger partial charge in [-0.3, -0.25) is 19.5 Å². The smallest absolute Gasteiger partial charge is 0.303 e. The largest absolute Gasteiger partial charge is 0.481 e. The van der Waals surface area contributed by atoms with E-state index in [1.165, 1.54) is 16.7 Å². The van der Waals surface area contributed by atoms with E-state index >= 15 is 0 Å². The van der Waals surface area contributed by atoms with Gasteiger partial charge in [-0.05, 0) is 399 Å². The summed E-state index contributed by atoms with van der Waals surface area (Å²) in [6.07, 6.45) is 4.08. The van der Waals surface area contributed by atoms with Gasteiger partial charge in [0.25, 0.3) is 0 Å². The van der Waals surface area contributed by atoms with Gasteiger partial charge in [-0.2, -0.15) is 0 Å². The number of aryl methyl sites for hydroxylation is 2. The number of fused-ring (bicyclic) bond motifs is 8. The first-order chi connectivity index (χ1) is 54.0. The number of Topliss-reactive ketones (excluding diaryl/α,β-unsaturated/α-hetero) is 1. The Morgan fingerprint density at radius 2 is 0.891 bits per heavy atom. The van der Waals surface area contributed by atoms with Gasteiger partial charge in [0, 0.05) is 70.2 Å². The van der Waals surface area contributed by atoms with E-state index in [0.29, 0.717) is 18.4 Å². The lowest BCUT2D eigenvalue weighted by Gasteiger charge is -2.57. The van der Waals surface area contributed by atoms with Crippen molar-refractivity contribution in [1.82, 2.24) is 24.8 Å². The third-order valence-corrected chi connectivity index (χ3v) is 35.8. The summed E-state index contributed by atoms with van der Waals surface area (Å²) >= 11 is 0. The van der Waals surface area contributed by atoms with Crippen LogP contribution >= 0.6 is 0 Å². The van der Waals surface area contributed by atoms with Crippen molar-refractivity contribution in [2.24, 2.45) is 0 Å². The van der Waals surface area contributed by atoms with Gasteiger partial charge in [0.2, 0.25) is 0 Å². The number of carbonyl (C=O) groups excluding carboxylic acids is 1. The van der Waals surface area contributed by atoms with Gasteiger partial charge in [-0.15, -0.1) is 0 Å². The van der Waals surface area contributed by atoms with E-state index in [2.05, 4.69) is 105 Å². The molecule has 0 saturated carbocycles. The Balaban J connectivity index is 0.767. The van der Waals surface area contributed by atoms with E-state index in [1.54, 1.807) is 313 Å². The van der Waals surface area contributed by atoms with Crippen LogP contribution in [-0.4, -0.2) is 55.3 Å². The maximum Gasteiger partial charge on any atom is 0.303 e. The molecule has 6 heterocycles. The summed E-state index contributed by atoms with van der Waals surface area (Å²) < 4.78 is 0. The average molecular weight is 1390 g/mol. The molecule has 1 fully saturated rings. The number of likely N-dealkylation sites (tertiary alicyclic amines) is 1. The Kier molecular flexibility index (Phi) is 5.76. The van der Waals surface area contributed by atoms with Crippen LogP contribution in [0.2, 0.25) is 0 Å². The maximum absolute atomic E-state index is 14.9. The van der Waals surface area contributed by atoms with Gasteiger partial charge >= 0.3 is 5.97 Å². The standard InChI is InChI=1S/C102H43N5O3/c1-7-26-22(3)31-17-32-23(4)28(14-15-38(109)110)98(105-32)29-16-37(108)39-24(5)33(106-99(29)39)18-35-27(8-2)30(36(104-35)19-34(26)103-31)20-101(25-12-10-9-11-13-25)102-96-90-84-74-62-54-46-42-40-41-44-48(46)56(62)66-60-52(44)53-45(41)49-47-43(40)51-50(42)58-64(54)72-78-68(58)69-59(51)65-55(47)63-57(49)67-61(53)71-70(60)82(76(66)84)92(96)93-83(71)77(67)85-75(63)81-73(65)79(69)87-86(78)94(88(90)80(72)74)100(102,21-107(101)6)95(87)89(81)91(85)97(93)102/h7,9-13,17-19,23,28,103,106H,1,8,14-16,20-21H2,2-6H3,(H,109,110)/t23-,28-,100?,101?,102?/m0/s1. The van der Waals surface area contributed by atoms with Crippen LogP contribution in [0.4, 0.5) is 0 Å². The third kappa shape index (κ3) is 3.39. The fourth-order valence-electron chi connectivity index (χ4n) is 33.8. The Labute approximate surface area is 612 Å². The number of carboxylic acids is 1. The van der Waals surface area contributed by atoms with E-state index < -0.39 is 22.3 Å². The van der Waals surface area contributed by atoms with Crippen LogP contribution in [0, 0.1) is 13.8 Å². The lowest BCUT2D eigenvalue weighted by Crippen LogP contribution is -2.60. The molecular weight excluding hydrogens is 1340 g/mol. The van der Waals surface area contributed by atoms with Crippen molar-refractivity contribution in [2.45, 2.75) is 88.0 Å². The monoisotopic (exact) mass is 1390 g/mol. The average Bonchev–Trinajstić information content (AvgIpc) is 1.38. The Bertz CT molecular complexity index is 10000. The predicted molar refractivity (Wildman–Crippen MR) is 453 cm³/mol. The fraction of sp³-hybridized carbons (Fsp3) is 0.157. The number of aliphatic carboxylic acids is 1. The summed E-state index contributed by atoms with van der Waals surface area (Å²) in [5.41, 5.74) is 20.3. The number of hydrogen-bond acceptors (Lipinski definition) is 5. The van der Waals surface area contributed by atoms with Crippen LogP contribution in [0.1, 0.15) is 135 Å². The maximum atomic E-state index is 14.9. The SMILES string of the molecule is C=Cc1c(C)c2cc3nc(c4c5[nH]c(cc6nc(cc1[nH]2)C(CC1(c2ccccc2)N(C)CC27c8c9c%10c%11c%12c%13c(c%14c%15c2c2c8c8c%16c9c9c%10c%10c%12c%12c%17c%13c%13c%14c%14c%15c%15c2c2c8c8c%16c%16c9c9c%10c%12c%10c%12c%17c%13c%13c%14c%14c%15c2c2c8c8c%16c9c%10c9c%12c%13c%14c2c89)C%1171)=C6CC)c(C)c5C(=O)C4)[C@@H](CCC(=O)O)[C@@H]3C. The first-order valence-electron chi connectivity index (χ1n) is 40.4. The molecule has 110 heavy (non-hydrogen) atoms. The summed E-state index contributed by atoms with van der Waals surface area (Å²) in [4.78, 5) is 50.0. The molecule has 0 amide bonds. The van der Waals surface area contributed by atoms with E-state index in [-0.39, 0.29) is 30.5 Å². The molecule has 1 unspecified atom stereocenters. The number of carboxylic acid groups (broad SMARTS) is 1. The normalized spacial score (nSPS) is 22.6. The van der Waals surface area contributed by atoms with Crippen LogP contribution < -0.4 is 0 Å². The second-order valence-corrected chi connectivity index (χ2v) is 37.7. The highest BCUT2D eigenvalue weighted by Gasteiger charge is 2.81. The Morgan fingerprint density at radius 3 is 1.29 bits per heavy atom. The lowest BCUT2D eigenvalue weighted by molar-refractivity contribution is -0.137. The fourth-order valence-corrected chi connectivity index (χ4v) is 33.8. The highest BCUT2D eigenvalue weighted by molar-refractivity contribution is 6.82. The van der Waals surface area contributed by atoms with Gasteiger partial charge in [0.05, 0.1) is 39.0 Å². The first-order valence-corrected chi connectivity index (χ1v) is 40.4. The molecule has 494 valence electrons. The number of benzene rings is 19. The number of H-pyrrole nitrogens is 2. The third-order valence-electron chi connectivity index (χ3n) is 35.8. The number of aromatic nitrogens is 4. The van der Waals surface area contributed by atoms with E-state index in [9.17, 15) is 14.7 Å². The number of rotatable bonds is 8. The number of carbonyl (C=O) groups is 2. The van der Waals surface area contributed by atoms with E-state index in [1.807, 2.05) is 6.08 Å². The van der Waals surface area contributed by atoms with Crippen LogP contribution in [0.3, 0.4) is 0 Å². The molecule has 3 aliphatic heterocycles. The molecule has 0 radical (unpaired) electrons. The van der Waals surface area contributed by atoms with Crippen molar-refractivity contribution >= 4 is 342 Å². The minimum atomic E-state index is -0.831. The molecule has 8 heteroatoms. The van der Waals surface area contributed by atoms with Crippen molar-refractivity contribution in [1.29, 1.82) is 0 Å². The first kappa shape index (κ1) is 49.4. The van der Waals surface area contributed by atoms with E-state index in [0.717, 1.165) is 80.1 Å². The van der Waals surface area contributed by atoms with Crippen molar-refractivity contribution < 1.29 is 14.7 Å².